The van der Waals surface area contributed by atoms with E-state index in [9.17, 15) is 8.42 Å². The van der Waals surface area contributed by atoms with Gasteiger partial charge in [0.15, 0.2) is 5.25 Å². The number of unbranched alkanes of at least 4 members (excludes halogenated alkanes) is 3. The molecule has 17 heavy (non-hydrogen) atoms. The highest BCUT2D eigenvalue weighted by atomic mass is 32.2. The highest BCUT2D eigenvalue weighted by Gasteiger charge is 2.29. The van der Waals surface area contributed by atoms with Crippen LogP contribution in [-0.2, 0) is 10.0 Å². The molecular weight excluding hydrogens is 236 g/mol. The second kappa shape index (κ2) is 8.48. The van der Waals surface area contributed by atoms with Crippen LogP contribution in [0, 0.1) is 11.3 Å². The minimum absolute atomic E-state index is 0.436. The van der Waals surface area contributed by atoms with Gasteiger partial charge >= 0.3 is 0 Å². The van der Waals surface area contributed by atoms with Crippen molar-refractivity contribution in [2.24, 2.45) is 0 Å². The quantitative estimate of drug-likeness (QED) is 0.598. The molecule has 0 aliphatic heterocycles. The Morgan fingerprint density at radius 1 is 1.12 bits per heavy atom. The molecule has 0 heterocycles. The van der Waals surface area contributed by atoms with Crippen LogP contribution in [0.1, 0.15) is 52.9 Å². The molecule has 100 valence electrons. The molecule has 0 N–H and O–H groups in total. The Hall–Kier alpha value is -0.600. The van der Waals surface area contributed by atoms with Gasteiger partial charge in [-0.05, 0) is 6.42 Å². The largest absolute Gasteiger partial charge is 0.230 e. The summed E-state index contributed by atoms with van der Waals surface area (Å²) >= 11 is 0. The van der Waals surface area contributed by atoms with E-state index < -0.39 is 15.3 Å². The van der Waals surface area contributed by atoms with Gasteiger partial charge in [0.1, 0.15) is 0 Å². The maximum Gasteiger partial charge on any atom is 0.230 e. The topological polar surface area (TPSA) is 61.2 Å². The fourth-order valence-electron chi connectivity index (χ4n) is 1.80. The highest BCUT2D eigenvalue weighted by molar-refractivity contribution is 7.90. The van der Waals surface area contributed by atoms with E-state index in [2.05, 4.69) is 6.92 Å². The number of rotatable bonds is 9. The predicted octanol–water partition coefficient (Wildman–Crippen LogP) is 2.52. The van der Waals surface area contributed by atoms with Crippen LogP contribution in [0.3, 0.4) is 0 Å². The van der Waals surface area contributed by atoms with Gasteiger partial charge in [0.05, 0.1) is 6.07 Å². The summed E-state index contributed by atoms with van der Waals surface area (Å²) in [6, 6.07) is 1.94. The second-order valence-electron chi connectivity index (χ2n) is 4.10. The highest BCUT2D eigenvalue weighted by Crippen LogP contribution is 2.15. The molecule has 0 rings (SSSR count). The molecule has 0 spiro atoms. The third kappa shape index (κ3) is 5.05. The molecule has 0 radical (unpaired) electrons. The van der Waals surface area contributed by atoms with Crippen LogP contribution in [0.4, 0.5) is 0 Å². The first-order valence-electron chi connectivity index (χ1n) is 6.43. The Balaban J connectivity index is 4.49. The minimum Gasteiger partial charge on any atom is -0.211 e. The van der Waals surface area contributed by atoms with Gasteiger partial charge in [-0.15, -0.1) is 0 Å². The smallest absolute Gasteiger partial charge is 0.211 e. The molecule has 0 bridgehead atoms. The molecule has 1 atom stereocenters. The number of hydrogen-bond donors (Lipinski definition) is 0. The summed E-state index contributed by atoms with van der Waals surface area (Å²) in [5.74, 6) is 0. The van der Waals surface area contributed by atoms with Crippen LogP contribution >= 0.6 is 0 Å². The first-order chi connectivity index (χ1) is 8.04. The summed E-state index contributed by atoms with van der Waals surface area (Å²) < 4.78 is 25.6. The van der Waals surface area contributed by atoms with E-state index >= 15 is 0 Å². The van der Waals surface area contributed by atoms with Gasteiger partial charge in [0, 0.05) is 13.1 Å². The minimum atomic E-state index is -3.43. The maximum atomic E-state index is 12.1. The molecule has 1 unspecified atom stereocenters. The lowest BCUT2D eigenvalue weighted by molar-refractivity contribution is 0.437. The Morgan fingerprint density at radius 2 is 1.71 bits per heavy atom. The van der Waals surface area contributed by atoms with E-state index in [0.29, 0.717) is 19.5 Å². The van der Waals surface area contributed by atoms with Crippen molar-refractivity contribution in [1.82, 2.24) is 4.31 Å². The van der Waals surface area contributed by atoms with Crippen LogP contribution in [-0.4, -0.2) is 31.1 Å². The van der Waals surface area contributed by atoms with Gasteiger partial charge in [0.2, 0.25) is 10.0 Å². The first kappa shape index (κ1) is 16.4. The van der Waals surface area contributed by atoms with Gasteiger partial charge in [-0.25, -0.2) is 12.7 Å². The lowest BCUT2D eigenvalue weighted by atomic mass is 10.1. The first-order valence-corrected chi connectivity index (χ1v) is 7.93. The molecule has 0 aliphatic carbocycles. The number of hydrogen-bond acceptors (Lipinski definition) is 3. The summed E-state index contributed by atoms with van der Waals surface area (Å²) in [7, 11) is -3.43. The molecule has 0 aromatic rings. The molecule has 0 aliphatic rings. The number of nitrogens with zero attached hydrogens (tertiary/aromatic N) is 2. The predicted molar refractivity (Wildman–Crippen MR) is 70.0 cm³/mol. The molecule has 0 fully saturated rings. The zero-order valence-corrected chi connectivity index (χ0v) is 12.0. The third-order valence-electron chi connectivity index (χ3n) is 2.89. The van der Waals surface area contributed by atoms with Crippen molar-refractivity contribution in [1.29, 1.82) is 5.26 Å². The molecule has 0 amide bonds. The Kier molecular flexibility index (Phi) is 8.19. The average molecular weight is 260 g/mol. The van der Waals surface area contributed by atoms with Crippen molar-refractivity contribution in [3.63, 3.8) is 0 Å². The lowest BCUT2D eigenvalue weighted by Crippen LogP contribution is -2.38. The summed E-state index contributed by atoms with van der Waals surface area (Å²) in [6.45, 7) is 6.57. The molecule has 4 nitrogen and oxygen atoms in total. The van der Waals surface area contributed by atoms with Gasteiger partial charge < -0.3 is 0 Å². The standard InChI is InChI=1S/C12H24N2O2S/c1-4-7-8-9-10-12(11-13)17(15,16)14(5-2)6-3/h12H,4-10H2,1-3H3. The number of nitriles is 1. The summed E-state index contributed by atoms with van der Waals surface area (Å²) in [5.41, 5.74) is 0. The van der Waals surface area contributed by atoms with Crippen molar-refractivity contribution in [3.05, 3.63) is 0 Å². The lowest BCUT2D eigenvalue weighted by Gasteiger charge is -2.21. The van der Waals surface area contributed by atoms with E-state index in [4.69, 9.17) is 5.26 Å². The van der Waals surface area contributed by atoms with Crippen molar-refractivity contribution >= 4 is 10.0 Å². The van der Waals surface area contributed by atoms with E-state index in [1.165, 1.54) is 4.31 Å². The van der Waals surface area contributed by atoms with Crippen molar-refractivity contribution < 1.29 is 8.42 Å². The van der Waals surface area contributed by atoms with Crippen LogP contribution in [0.2, 0.25) is 0 Å². The number of sulfonamides is 1. The molecule has 0 saturated carbocycles. The molecule has 0 saturated heterocycles. The van der Waals surface area contributed by atoms with Crippen LogP contribution in [0.25, 0.3) is 0 Å². The second-order valence-corrected chi connectivity index (χ2v) is 6.21. The van der Waals surface area contributed by atoms with E-state index in [-0.39, 0.29) is 0 Å². The molecular formula is C12H24N2O2S. The molecule has 0 aromatic heterocycles. The van der Waals surface area contributed by atoms with Crippen LogP contribution in [0.15, 0.2) is 0 Å². The van der Waals surface area contributed by atoms with Gasteiger partial charge in [-0.2, -0.15) is 5.26 Å². The fourth-order valence-corrected chi connectivity index (χ4v) is 3.48. The van der Waals surface area contributed by atoms with E-state index in [1.54, 1.807) is 13.8 Å². The molecule has 0 aromatic carbocycles. The summed E-state index contributed by atoms with van der Waals surface area (Å²) in [6.07, 6.45) is 4.48. The van der Waals surface area contributed by atoms with Crippen LogP contribution < -0.4 is 0 Å². The van der Waals surface area contributed by atoms with Crippen molar-refractivity contribution in [2.45, 2.75) is 58.1 Å². The monoisotopic (exact) mass is 260 g/mol. The van der Waals surface area contributed by atoms with Gasteiger partial charge in [-0.1, -0.05) is 46.5 Å². The van der Waals surface area contributed by atoms with E-state index in [1.807, 2.05) is 6.07 Å². The maximum absolute atomic E-state index is 12.1. The average Bonchev–Trinajstić information content (AvgIpc) is 2.30. The summed E-state index contributed by atoms with van der Waals surface area (Å²) in [4.78, 5) is 0. The summed E-state index contributed by atoms with van der Waals surface area (Å²) in [5, 5.41) is 8.13. The SMILES string of the molecule is CCCCCCC(C#N)S(=O)(=O)N(CC)CC. The Morgan fingerprint density at radius 3 is 2.12 bits per heavy atom. The van der Waals surface area contributed by atoms with Gasteiger partial charge in [-0.3, -0.25) is 0 Å². The Bertz CT molecular complexity index is 329. The normalized spacial score (nSPS) is 13.6. The van der Waals surface area contributed by atoms with Crippen LogP contribution in [0.5, 0.6) is 0 Å². The Labute approximate surface area is 106 Å². The van der Waals surface area contributed by atoms with Crippen molar-refractivity contribution in [2.75, 3.05) is 13.1 Å². The zero-order valence-electron chi connectivity index (χ0n) is 11.1. The third-order valence-corrected chi connectivity index (χ3v) is 5.19. The van der Waals surface area contributed by atoms with E-state index in [0.717, 1.165) is 25.7 Å². The molecule has 5 heteroatoms. The fraction of sp³-hybridized carbons (Fsp3) is 0.917. The zero-order chi connectivity index (χ0) is 13.3. The van der Waals surface area contributed by atoms with Gasteiger partial charge in [0.25, 0.3) is 0 Å². The van der Waals surface area contributed by atoms with Crippen molar-refractivity contribution in [3.8, 4) is 6.07 Å².